The summed E-state index contributed by atoms with van der Waals surface area (Å²) in [5.74, 6) is 1.48. The Hall–Kier alpha value is -1.83. The van der Waals surface area contributed by atoms with Crippen LogP contribution in [0.2, 0.25) is 0 Å². The van der Waals surface area contributed by atoms with Gasteiger partial charge < -0.3 is 25.5 Å². The molecule has 4 aliphatic carbocycles. The maximum absolute atomic E-state index is 13.5. The molecule has 182 valence electrons. The van der Waals surface area contributed by atoms with Crippen molar-refractivity contribution in [1.82, 2.24) is 20.4 Å². The van der Waals surface area contributed by atoms with Crippen LogP contribution in [0, 0.1) is 28.6 Å². The highest BCUT2D eigenvalue weighted by Gasteiger charge is 2.58. The summed E-state index contributed by atoms with van der Waals surface area (Å²) in [5.41, 5.74) is -0.256. The number of carbonyl (C=O) groups is 3. The van der Waals surface area contributed by atoms with E-state index in [4.69, 9.17) is 0 Å². The Bertz CT molecular complexity index is 822. The van der Waals surface area contributed by atoms with Crippen LogP contribution in [0.25, 0.3) is 0 Å². The molecule has 0 aromatic heterocycles. The van der Waals surface area contributed by atoms with Gasteiger partial charge in [-0.15, -0.1) is 0 Å². The van der Waals surface area contributed by atoms with Gasteiger partial charge >= 0.3 is 6.03 Å². The number of urea groups is 1. The largest absolute Gasteiger partial charge is 0.393 e. The molecule has 4 bridgehead atoms. The summed E-state index contributed by atoms with van der Waals surface area (Å²) in [6, 6.07) is 0.0972. The Morgan fingerprint density at radius 1 is 1.03 bits per heavy atom. The molecule has 3 aliphatic heterocycles. The van der Waals surface area contributed by atoms with E-state index in [1.54, 1.807) is 0 Å². The first-order valence-electron chi connectivity index (χ1n) is 13.1. The predicted octanol–water partition coefficient (Wildman–Crippen LogP) is 1.48. The fraction of sp³-hybridized carbons (Fsp3) is 0.880. The van der Waals surface area contributed by atoms with Crippen molar-refractivity contribution in [2.75, 3.05) is 32.7 Å². The third kappa shape index (κ3) is 3.72. The quantitative estimate of drug-likeness (QED) is 0.583. The zero-order valence-corrected chi connectivity index (χ0v) is 19.6. The number of aliphatic hydroxyl groups excluding tert-OH is 1. The van der Waals surface area contributed by atoms with Crippen molar-refractivity contribution < 1.29 is 19.5 Å². The van der Waals surface area contributed by atoms with E-state index in [0.717, 1.165) is 70.9 Å². The van der Waals surface area contributed by atoms with E-state index in [2.05, 4.69) is 10.6 Å². The van der Waals surface area contributed by atoms with Crippen LogP contribution in [0.5, 0.6) is 0 Å². The van der Waals surface area contributed by atoms with E-state index >= 15 is 0 Å². The van der Waals surface area contributed by atoms with Crippen LogP contribution in [-0.2, 0) is 9.59 Å². The van der Waals surface area contributed by atoms with Crippen molar-refractivity contribution in [3.8, 4) is 0 Å². The maximum Gasteiger partial charge on any atom is 0.320 e. The number of nitrogens with one attached hydrogen (secondary N) is 2. The number of nitrogens with zero attached hydrogens (tertiary/aromatic N) is 2. The first kappa shape index (κ1) is 21.7. The number of likely N-dealkylation sites (tertiary alicyclic amines) is 2. The minimum absolute atomic E-state index is 0.0147. The molecule has 0 aromatic rings. The van der Waals surface area contributed by atoms with Crippen LogP contribution in [0.3, 0.4) is 0 Å². The van der Waals surface area contributed by atoms with Crippen LogP contribution in [-0.4, -0.2) is 77.6 Å². The van der Waals surface area contributed by atoms with Crippen molar-refractivity contribution in [2.24, 2.45) is 28.6 Å². The number of piperidine rings is 2. The van der Waals surface area contributed by atoms with Crippen LogP contribution < -0.4 is 10.6 Å². The van der Waals surface area contributed by atoms with Gasteiger partial charge in [0.2, 0.25) is 11.8 Å². The Morgan fingerprint density at radius 3 is 2.42 bits per heavy atom. The van der Waals surface area contributed by atoms with Gasteiger partial charge in [-0.1, -0.05) is 0 Å². The average Bonchev–Trinajstić information content (AvgIpc) is 3.16. The number of carbonyl (C=O) groups excluding carboxylic acids is 3. The number of amides is 4. The van der Waals surface area contributed by atoms with Gasteiger partial charge in [0.25, 0.3) is 0 Å². The molecule has 8 heteroatoms. The second kappa shape index (κ2) is 7.85. The Kier molecular flexibility index (Phi) is 5.16. The zero-order valence-electron chi connectivity index (χ0n) is 19.6. The third-order valence-corrected chi connectivity index (χ3v) is 10.0. The first-order valence-corrected chi connectivity index (χ1v) is 13.1. The summed E-state index contributed by atoms with van der Waals surface area (Å²) in [6.45, 7) is 3.48. The molecule has 1 spiro atoms. The maximum atomic E-state index is 13.5. The van der Waals surface area contributed by atoms with E-state index in [-0.39, 0.29) is 40.8 Å². The number of hydrogen-bond donors (Lipinski definition) is 3. The number of hydrogen-bond acceptors (Lipinski definition) is 4. The van der Waals surface area contributed by atoms with Crippen molar-refractivity contribution in [3.63, 3.8) is 0 Å². The summed E-state index contributed by atoms with van der Waals surface area (Å²) in [6.07, 6.45) is 8.76. The lowest BCUT2D eigenvalue weighted by molar-refractivity contribution is -0.164. The normalized spacial score (nSPS) is 41.4. The van der Waals surface area contributed by atoms with Gasteiger partial charge in [0.1, 0.15) is 0 Å². The fourth-order valence-electron chi connectivity index (χ4n) is 8.36. The molecule has 3 saturated heterocycles. The minimum atomic E-state index is -0.296. The number of aliphatic hydroxyl groups is 1. The topological polar surface area (TPSA) is 102 Å². The predicted molar refractivity (Wildman–Crippen MR) is 121 cm³/mol. The molecule has 3 heterocycles. The molecule has 7 rings (SSSR count). The van der Waals surface area contributed by atoms with E-state index in [1.165, 1.54) is 0 Å². The molecule has 33 heavy (non-hydrogen) atoms. The van der Waals surface area contributed by atoms with Crippen molar-refractivity contribution in [2.45, 2.75) is 76.4 Å². The highest BCUT2D eigenvalue weighted by atomic mass is 16.3. The molecule has 7 aliphatic rings. The van der Waals surface area contributed by atoms with E-state index in [1.807, 2.05) is 9.80 Å². The van der Waals surface area contributed by atoms with Gasteiger partial charge in [0.05, 0.1) is 11.5 Å². The Labute approximate surface area is 195 Å². The molecule has 0 aromatic carbocycles. The summed E-state index contributed by atoms with van der Waals surface area (Å²) >= 11 is 0. The molecule has 4 amide bonds. The molecular weight excluding hydrogens is 420 g/mol. The lowest BCUT2D eigenvalue weighted by atomic mass is 9.48. The molecule has 8 nitrogen and oxygen atoms in total. The van der Waals surface area contributed by atoms with Crippen LogP contribution in [0.15, 0.2) is 0 Å². The molecule has 3 atom stereocenters. The summed E-state index contributed by atoms with van der Waals surface area (Å²) < 4.78 is 0. The Balaban J connectivity index is 1.05. The molecule has 3 unspecified atom stereocenters. The van der Waals surface area contributed by atoms with Crippen LogP contribution in [0.4, 0.5) is 4.79 Å². The summed E-state index contributed by atoms with van der Waals surface area (Å²) in [4.78, 5) is 42.3. The highest BCUT2D eigenvalue weighted by Crippen LogP contribution is 2.60. The van der Waals surface area contributed by atoms with Crippen LogP contribution in [0.1, 0.15) is 64.2 Å². The van der Waals surface area contributed by atoms with Crippen molar-refractivity contribution in [1.29, 1.82) is 0 Å². The van der Waals surface area contributed by atoms with Gasteiger partial charge in [0.15, 0.2) is 0 Å². The lowest BCUT2D eigenvalue weighted by Gasteiger charge is -2.58. The second-order valence-electron chi connectivity index (χ2n) is 12.2. The van der Waals surface area contributed by atoms with Crippen molar-refractivity contribution >= 4 is 17.8 Å². The zero-order chi connectivity index (χ0) is 22.8. The third-order valence-electron chi connectivity index (χ3n) is 10.0. The van der Waals surface area contributed by atoms with E-state index in [9.17, 15) is 19.5 Å². The van der Waals surface area contributed by atoms with Gasteiger partial charge in [0, 0.05) is 45.2 Å². The molecule has 4 saturated carbocycles. The van der Waals surface area contributed by atoms with Gasteiger partial charge in [-0.05, 0) is 81.0 Å². The minimum Gasteiger partial charge on any atom is -0.393 e. The Morgan fingerprint density at radius 2 is 1.76 bits per heavy atom. The molecule has 0 radical (unpaired) electrons. The lowest BCUT2D eigenvalue weighted by Crippen LogP contribution is -2.61. The molecule has 3 N–H and O–H groups in total. The second-order valence-corrected chi connectivity index (χ2v) is 12.2. The summed E-state index contributed by atoms with van der Waals surface area (Å²) in [7, 11) is 0. The molecular formula is C25H38N4O4. The van der Waals surface area contributed by atoms with E-state index in [0.29, 0.717) is 43.8 Å². The van der Waals surface area contributed by atoms with Crippen molar-refractivity contribution in [3.05, 3.63) is 0 Å². The van der Waals surface area contributed by atoms with Gasteiger partial charge in [-0.3, -0.25) is 9.59 Å². The highest BCUT2D eigenvalue weighted by molar-refractivity contribution is 5.84. The average molecular weight is 459 g/mol. The molecule has 7 fully saturated rings. The SMILES string of the molecule is O=C1CC2(CCN(C(=O)N3CCCC(NC(=O)C45CC6CC(C4)C(O)C(C6)C5)C3)CC2)CN1. The van der Waals surface area contributed by atoms with Gasteiger partial charge in [-0.25, -0.2) is 4.79 Å². The first-order chi connectivity index (χ1) is 15.8. The van der Waals surface area contributed by atoms with E-state index < -0.39 is 0 Å². The van der Waals surface area contributed by atoms with Crippen LogP contribution >= 0.6 is 0 Å². The summed E-state index contributed by atoms with van der Waals surface area (Å²) in [5, 5.41) is 16.8. The van der Waals surface area contributed by atoms with Gasteiger partial charge in [-0.2, -0.15) is 0 Å². The smallest absolute Gasteiger partial charge is 0.320 e. The standard InChI is InChI=1S/C25H38N4O4/c30-20-13-24(15-26-20)3-6-28(7-4-24)23(33)29-5-1-2-19(14-29)27-22(32)25-10-16-8-17(11-25)21(31)18(9-16)12-25/h16-19,21,31H,1-15H2,(H,26,30)(H,27,32). The fourth-order valence-corrected chi connectivity index (χ4v) is 8.36. The number of rotatable bonds is 2. The monoisotopic (exact) mass is 458 g/mol.